The van der Waals surface area contributed by atoms with Gasteiger partial charge in [0.1, 0.15) is 0 Å². The molecule has 1 saturated heterocycles. The Morgan fingerprint density at radius 2 is 2.07 bits per heavy atom. The number of likely N-dealkylation sites (tertiary alicyclic amines) is 1. The van der Waals surface area contributed by atoms with Crippen LogP contribution >= 0.6 is 0 Å². The van der Waals surface area contributed by atoms with Gasteiger partial charge < -0.3 is 15.0 Å². The summed E-state index contributed by atoms with van der Waals surface area (Å²) in [5.41, 5.74) is 3.09. The average molecular weight is 367 g/mol. The molecule has 1 aromatic carbocycles. The van der Waals surface area contributed by atoms with Gasteiger partial charge in [0.25, 0.3) is 0 Å². The molecule has 1 aromatic heterocycles. The predicted molar refractivity (Wildman–Crippen MR) is 102 cm³/mol. The summed E-state index contributed by atoms with van der Waals surface area (Å²) in [5, 5.41) is 2.91. The van der Waals surface area contributed by atoms with Crippen LogP contribution in [0.3, 0.4) is 0 Å². The molecule has 0 saturated carbocycles. The van der Waals surface area contributed by atoms with Crippen LogP contribution in [-0.4, -0.2) is 34.8 Å². The number of nitrogens with zero attached hydrogens (tertiary/aromatic N) is 2. The molecular weight excluding hydrogens is 342 g/mol. The van der Waals surface area contributed by atoms with Crippen molar-refractivity contribution < 1.29 is 14.3 Å². The number of aromatic nitrogens is 1. The van der Waals surface area contributed by atoms with E-state index in [1.165, 1.54) is 5.56 Å². The first kappa shape index (κ1) is 18.9. The van der Waals surface area contributed by atoms with E-state index in [4.69, 9.17) is 4.74 Å². The zero-order valence-corrected chi connectivity index (χ0v) is 15.8. The number of rotatable bonds is 7. The van der Waals surface area contributed by atoms with E-state index in [0.717, 1.165) is 11.1 Å². The molecule has 1 aliphatic heterocycles. The van der Waals surface area contributed by atoms with Crippen molar-refractivity contribution in [2.24, 2.45) is 5.92 Å². The van der Waals surface area contributed by atoms with Crippen LogP contribution in [0.2, 0.25) is 0 Å². The highest BCUT2D eigenvalue weighted by molar-refractivity contribution is 5.89. The number of nitrogens with one attached hydrogen (secondary N) is 1. The zero-order valence-electron chi connectivity index (χ0n) is 15.8. The van der Waals surface area contributed by atoms with Gasteiger partial charge in [0.15, 0.2) is 0 Å². The number of hydrogen-bond acceptors (Lipinski definition) is 4. The van der Waals surface area contributed by atoms with Gasteiger partial charge in [-0.15, -0.1) is 0 Å². The monoisotopic (exact) mass is 367 g/mol. The number of amides is 2. The topological polar surface area (TPSA) is 71.5 Å². The highest BCUT2D eigenvalue weighted by atomic mass is 16.5. The Morgan fingerprint density at radius 1 is 1.30 bits per heavy atom. The molecule has 2 amide bonds. The Labute approximate surface area is 159 Å². The van der Waals surface area contributed by atoms with E-state index in [0.29, 0.717) is 32.1 Å². The minimum absolute atomic E-state index is 0.0205. The van der Waals surface area contributed by atoms with Crippen LogP contribution < -0.4 is 10.1 Å². The number of pyridine rings is 1. The summed E-state index contributed by atoms with van der Waals surface area (Å²) in [7, 11) is 0. The molecule has 1 atom stereocenters. The minimum atomic E-state index is -0.324. The number of hydrogen-bond donors (Lipinski definition) is 1. The van der Waals surface area contributed by atoms with Crippen molar-refractivity contribution in [3.05, 3.63) is 59.3 Å². The van der Waals surface area contributed by atoms with Crippen molar-refractivity contribution in [3.8, 4) is 5.88 Å². The SMILES string of the molecule is CCOc1ncccc1CNC(=O)C1CC(=O)N(Cc2ccc(C)cc2)C1. The van der Waals surface area contributed by atoms with Gasteiger partial charge >= 0.3 is 0 Å². The zero-order chi connectivity index (χ0) is 19.2. The molecule has 6 nitrogen and oxygen atoms in total. The van der Waals surface area contributed by atoms with Gasteiger partial charge in [-0.3, -0.25) is 9.59 Å². The van der Waals surface area contributed by atoms with Gasteiger partial charge in [0, 0.05) is 37.8 Å². The van der Waals surface area contributed by atoms with Crippen molar-refractivity contribution in [2.75, 3.05) is 13.2 Å². The second-order valence-corrected chi connectivity index (χ2v) is 6.78. The van der Waals surface area contributed by atoms with Crippen molar-refractivity contribution in [3.63, 3.8) is 0 Å². The van der Waals surface area contributed by atoms with E-state index in [1.807, 2.05) is 50.2 Å². The summed E-state index contributed by atoms with van der Waals surface area (Å²) in [6, 6.07) is 11.8. The molecule has 0 spiro atoms. The lowest BCUT2D eigenvalue weighted by atomic mass is 10.1. The third kappa shape index (κ3) is 4.84. The lowest BCUT2D eigenvalue weighted by molar-refractivity contribution is -0.129. The van der Waals surface area contributed by atoms with Crippen LogP contribution in [0.1, 0.15) is 30.0 Å². The lowest BCUT2D eigenvalue weighted by Gasteiger charge is -2.17. The number of ether oxygens (including phenoxy) is 1. The molecule has 1 aliphatic rings. The third-order valence-electron chi connectivity index (χ3n) is 4.66. The van der Waals surface area contributed by atoms with E-state index in [2.05, 4.69) is 10.3 Å². The molecule has 1 unspecified atom stereocenters. The maximum Gasteiger partial charge on any atom is 0.225 e. The van der Waals surface area contributed by atoms with E-state index in [9.17, 15) is 9.59 Å². The second-order valence-electron chi connectivity index (χ2n) is 6.78. The Balaban J connectivity index is 1.55. The lowest BCUT2D eigenvalue weighted by Crippen LogP contribution is -2.32. The molecule has 0 aliphatic carbocycles. The standard InChI is InChI=1S/C21H25N3O3/c1-3-27-21-17(5-4-10-22-21)12-23-20(26)18-11-19(25)24(14-18)13-16-8-6-15(2)7-9-16/h4-10,18H,3,11-14H2,1-2H3,(H,23,26). The van der Waals surface area contributed by atoms with Gasteiger partial charge in [-0.25, -0.2) is 4.98 Å². The molecule has 6 heteroatoms. The van der Waals surface area contributed by atoms with Crippen LogP contribution in [0.15, 0.2) is 42.6 Å². The molecule has 2 heterocycles. The molecule has 0 radical (unpaired) electrons. The van der Waals surface area contributed by atoms with Crippen molar-refractivity contribution in [2.45, 2.75) is 33.4 Å². The smallest absolute Gasteiger partial charge is 0.225 e. The summed E-state index contributed by atoms with van der Waals surface area (Å²) < 4.78 is 5.48. The molecule has 1 fully saturated rings. The summed E-state index contributed by atoms with van der Waals surface area (Å²) in [5.74, 6) is 0.118. The summed E-state index contributed by atoms with van der Waals surface area (Å²) in [6.45, 7) is 5.77. The van der Waals surface area contributed by atoms with Crippen molar-refractivity contribution in [1.82, 2.24) is 15.2 Å². The fourth-order valence-electron chi connectivity index (χ4n) is 3.17. The van der Waals surface area contributed by atoms with Crippen LogP contribution in [0, 0.1) is 12.8 Å². The highest BCUT2D eigenvalue weighted by Crippen LogP contribution is 2.21. The molecular formula is C21H25N3O3. The second kappa shape index (κ2) is 8.66. The van der Waals surface area contributed by atoms with Gasteiger partial charge in [-0.1, -0.05) is 35.9 Å². The van der Waals surface area contributed by atoms with Gasteiger partial charge in [0.05, 0.1) is 12.5 Å². The van der Waals surface area contributed by atoms with Gasteiger partial charge in [-0.2, -0.15) is 0 Å². The first-order valence-electron chi connectivity index (χ1n) is 9.24. The van der Waals surface area contributed by atoms with Crippen LogP contribution in [0.4, 0.5) is 0 Å². The Kier molecular flexibility index (Phi) is 6.06. The van der Waals surface area contributed by atoms with Crippen LogP contribution in [0.25, 0.3) is 0 Å². The van der Waals surface area contributed by atoms with Gasteiger partial charge in [0.2, 0.25) is 17.7 Å². The molecule has 142 valence electrons. The molecule has 0 bridgehead atoms. The Morgan fingerprint density at radius 3 is 2.81 bits per heavy atom. The van der Waals surface area contributed by atoms with Crippen LogP contribution in [0.5, 0.6) is 5.88 Å². The average Bonchev–Trinajstić information content (AvgIpc) is 3.03. The molecule has 1 N–H and O–H groups in total. The first-order valence-corrected chi connectivity index (χ1v) is 9.24. The minimum Gasteiger partial charge on any atom is -0.478 e. The van der Waals surface area contributed by atoms with E-state index < -0.39 is 0 Å². The van der Waals surface area contributed by atoms with Gasteiger partial charge in [-0.05, 0) is 25.5 Å². The van der Waals surface area contributed by atoms with Crippen LogP contribution in [-0.2, 0) is 22.7 Å². The summed E-state index contributed by atoms with van der Waals surface area (Å²) in [4.78, 5) is 30.8. The Hall–Kier alpha value is -2.89. The first-order chi connectivity index (χ1) is 13.1. The fourth-order valence-corrected chi connectivity index (χ4v) is 3.17. The quantitative estimate of drug-likeness (QED) is 0.816. The Bertz CT molecular complexity index is 805. The number of carbonyl (C=O) groups excluding carboxylic acids is 2. The summed E-state index contributed by atoms with van der Waals surface area (Å²) >= 11 is 0. The van der Waals surface area contributed by atoms with Crippen molar-refractivity contribution in [1.29, 1.82) is 0 Å². The largest absolute Gasteiger partial charge is 0.478 e. The molecule has 2 aromatic rings. The summed E-state index contributed by atoms with van der Waals surface area (Å²) in [6.07, 6.45) is 1.91. The number of benzene rings is 1. The van der Waals surface area contributed by atoms with Crippen molar-refractivity contribution >= 4 is 11.8 Å². The molecule has 27 heavy (non-hydrogen) atoms. The highest BCUT2D eigenvalue weighted by Gasteiger charge is 2.34. The van der Waals surface area contributed by atoms with E-state index in [-0.39, 0.29) is 24.2 Å². The third-order valence-corrected chi connectivity index (χ3v) is 4.66. The maximum absolute atomic E-state index is 12.5. The van der Waals surface area contributed by atoms with E-state index in [1.54, 1.807) is 11.1 Å². The number of aryl methyl sites for hydroxylation is 1. The van der Waals surface area contributed by atoms with E-state index >= 15 is 0 Å². The normalized spacial score (nSPS) is 16.4. The predicted octanol–water partition coefficient (Wildman–Crippen LogP) is 2.45. The fraction of sp³-hybridized carbons (Fsp3) is 0.381. The molecule has 3 rings (SSSR count). The number of carbonyl (C=O) groups is 2. The maximum atomic E-state index is 12.5.